The standard InChI is InChI=1S/C13H22N2O2/c1-14(2)7-8-15(3)10-11-5-6-13(17-4)12(16)9-11/h5-6,9,16H,7-8,10H2,1-4H3/p+2. The molecule has 0 aliphatic carbocycles. The largest absolute Gasteiger partial charge is 0.504 e. The van der Waals surface area contributed by atoms with E-state index in [0.29, 0.717) is 5.75 Å². The fourth-order valence-corrected chi connectivity index (χ4v) is 1.75. The molecule has 1 aromatic rings. The number of ether oxygens (including phenoxy) is 1. The number of nitrogens with one attached hydrogen (secondary N) is 2. The first-order valence-corrected chi connectivity index (χ1v) is 5.99. The van der Waals surface area contributed by atoms with Crippen LogP contribution in [0.1, 0.15) is 5.56 Å². The van der Waals surface area contributed by atoms with Crippen LogP contribution in [0.4, 0.5) is 0 Å². The molecule has 96 valence electrons. The summed E-state index contributed by atoms with van der Waals surface area (Å²) in [5.41, 5.74) is 1.13. The molecule has 4 nitrogen and oxygen atoms in total. The van der Waals surface area contributed by atoms with E-state index < -0.39 is 0 Å². The predicted molar refractivity (Wildman–Crippen MR) is 67.8 cm³/mol. The average molecular weight is 240 g/mol. The van der Waals surface area contributed by atoms with Gasteiger partial charge in [0, 0.05) is 5.56 Å². The molecule has 0 aliphatic rings. The van der Waals surface area contributed by atoms with Gasteiger partial charge in [-0.25, -0.2) is 0 Å². The Labute approximate surface area is 103 Å². The summed E-state index contributed by atoms with van der Waals surface area (Å²) in [6.07, 6.45) is 0. The lowest BCUT2D eigenvalue weighted by Gasteiger charge is -2.15. The maximum atomic E-state index is 9.68. The van der Waals surface area contributed by atoms with E-state index in [1.807, 2.05) is 12.1 Å². The monoisotopic (exact) mass is 240 g/mol. The van der Waals surface area contributed by atoms with Gasteiger partial charge in [0.15, 0.2) is 11.5 Å². The van der Waals surface area contributed by atoms with Crippen LogP contribution in [0.2, 0.25) is 0 Å². The first-order valence-electron chi connectivity index (χ1n) is 5.99. The molecule has 1 aromatic carbocycles. The molecule has 1 atom stereocenters. The van der Waals surface area contributed by atoms with E-state index in [-0.39, 0.29) is 5.75 Å². The number of hydrogen-bond acceptors (Lipinski definition) is 2. The van der Waals surface area contributed by atoms with Crippen molar-refractivity contribution in [2.75, 3.05) is 41.3 Å². The molecule has 17 heavy (non-hydrogen) atoms. The van der Waals surface area contributed by atoms with Gasteiger partial charge in [-0.15, -0.1) is 0 Å². The molecule has 0 aliphatic heterocycles. The Morgan fingerprint density at radius 2 is 1.88 bits per heavy atom. The van der Waals surface area contributed by atoms with E-state index in [0.717, 1.165) is 25.2 Å². The highest BCUT2D eigenvalue weighted by molar-refractivity contribution is 5.41. The molecule has 1 unspecified atom stereocenters. The second-order valence-electron chi connectivity index (χ2n) is 4.85. The number of aromatic hydroxyl groups is 1. The third-order valence-electron chi connectivity index (χ3n) is 2.80. The molecule has 4 heteroatoms. The lowest BCUT2D eigenvalue weighted by molar-refractivity contribution is -0.937. The summed E-state index contributed by atoms with van der Waals surface area (Å²) in [5.74, 6) is 0.750. The SMILES string of the molecule is COc1ccc(C[NH+](C)CC[NH+](C)C)cc1O. The Bertz CT molecular complexity index is 353. The average Bonchev–Trinajstić information content (AvgIpc) is 2.26. The molecule has 0 saturated carbocycles. The molecule has 0 radical (unpaired) electrons. The van der Waals surface area contributed by atoms with E-state index in [1.54, 1.807) is 13.2 Å². The van der Waals surface area contributed by atoms with Crippen LogP contribution in [0.15, 0.2) is 18.2 Å². The maximum absolute atomic E-state index is 9.68. The van der Waals surface area contributed by atoms with Crippen LogP contribution in [-0.2, 0) is 6.54 Å². The summed E-state index contributed by atoms with van der Waals surface area (Å²) in [5, 5.41) is 9.68. The van der Waals surface area contributed by atoms with Gasteiger partial charge in [-0.1, -0.05) is 0 Å². The van der Waals surface area contributed by atoms with Crippen molar-refractivity contribution >= 4 is 0 Å². The molecule has 0 aromatic heterocycles. The number of phenolic OH excluding ortho intramolecular Hbond substituents is 1. The topological polar surface area (TPSA) is 38.3 Å². The van der Waals surface area contributed by atoms with Crippen LogP contribution in [0, 0.1) is 0 Å². The van der Waals surface area contributed by atoms with Gasteiger partial charge >= 0.3 is 0 Å². The minimum absolute atomic E-state index is 0.219. The summed E-state index contributed by atoms with van der Waals surface area (Å²) < 4.78 is 5.02. The van der Waals surface area contributed by atoms with Crippen molar-refractivity contribution < 1.29 is 19.6 Å². The number of hydrogen-bond donors (Lipinski definition) is 3. The first-order chi connectivity index (χ1) is 8.02. The number of rotatable bonds is 6. The van der Waals surface area contributed by atoms with E-state index in [2.05, 4.69) is 21.1 Å². The van der Waals surface area contributed by atoms with E-state index in [9.17, 15) is 5.11 Å². The van der Waals surface area contributed by atoms with Gasteiger partial charge in [-0.3, -0.25) is 0 Å². The summed E-state index contributed by atoms with van der Waals surface area (Å²) in [6.45, 7) is 3.19. The van der Waals surface area contributed by atoms with Crippen molar-refractivity contribution in [2.45, 2.75) is 6.54 Å². The summed E-state index contributed by atoms with van der Waals surface area (Å²) in [7, 11) is 8.05. The Hall–Kier alpha value is -1.26. The number of quaternary nitrogens is 2. The summed E-state index contributed by atoms with van der Waals surface area (Å²) in [4.78, 5) is 2.90. The number of benzene rings is 1. The van der Waals surface area contributed by atoms with Crippen molar-refractivity contribution in [3.63, 3.8) is 0 Å². The fourth-order valence-electron chi connectivity index (χ4n) is 1.75. The Morgan fingerprint density at radius 3 is 2.41 bits per heavy atom. The highest BCUT2D eigenvalue weighted by Crippen LogP contribution is 2.25. The van der Waals surface area contributed by atoms with E-state index >= 15 is 0 Å². The Morgan fingerprint density at radius 1 is 1.18 bits per heavy atom. The van der Waals surface area contributed by atoms with Gasteiger partial charge in [-0.05, 0) is 18.2 Å². The van der Waals surface area contributed by atoms with Crippen molar-refractivity contribution in [3.05, 3.63) is 23.8 Å². The minimum Gasteiger partial charge on any atom is -0.504 e. The molecule has 0 bridgehead atoms. The van der Waals surface area contributed by atoms with Crippen LogP contribution in [0.25, 0.3) is 0 Å². The Balaban J connectivity index is 2.53. The Kier molecular flexibility index (Phi) is 5.25. The second kappa shape index (κ2) is 6.47. The van der Waals surface area contributed by atoms with Gasteiger partial charge in [-0.2, -0.15) is 0 Å². The minimum atomic E-state index is 0.219. The lowest BCUT2D eigenvalue weighted by atomic mass is 10.2. The van der Waals surface area contributed by atoms with Crippen molar-refractivity contribution in [3.8, 4) is 11.5 Å². The van der Waals surface area contributed by atoms with Crippen LogP contribution in [0.5, 0.6) is 11.5 Å². The molecule has 0 amide bonds. The van der Waals surface area contributed by atoms with Gasteiger partial charge in [0.1, 0.15) is 19.6 Å². The maximum Gasteiger partial charge on any atom is 0.160 e. The summed E-state index contributed by atoms with van der Waals surface area (Å²) >= 11 is 0. The molecule has 0 fully saturated rings. The van der Waals surface area contributed by atoms with Gasteiger partial charge in [0.05, 0.1) is 28.3 Å². The molecular weight excluding hydrogens is 216 g/mol. The fraction of sp³-hybridized carbons (Fsp3) is 0.538. The van der Waals surface area contributed by atoms with E-state index in [1.165, 1.54) is 9.80 Å². The van der Waals surface area contributed by atoms with Gasteiger partial charge < -0.3 is 19.6 Å². The highest BCUT2D eigenvalue weighted by Gasteiger charge is 2.08. The molecule has 0 spiro atoms. The highest BCUT2D eigenvalue weighted by atomic mass is 16.5. The van der Waals surface area contributed by atoms with Gasteiger partial charge in [0.2, 0.25) is 0 Å². The van der Waals surface area contributed by atoms with Crippen molar-refractivity contribution in [1.82, 2.24) is 0 Å². The van der Waals surface area contributed by atoms with Crippen LogP contribution < -0.4 is 14.5 Å². The second-order valence-corrected chi connectivity index (χ2v) is 4.85. The van der Waals surface area contributed by atoms with Crippen LogP contribution in [0.3, 0.4) is 0 Å². The third kappa shape index (κ3) is 4.63. The van der Waals surface area contributed by atoms with Crippen LogP contribution >= 0.6 is 0 Å². The molecule has 1 rings (SSSR count). The smallest absolute Gasteiger partial charge is 0.160 e. The molecule has 3 N–H and O–H groups in total. The zero-order valence-electron chi connectivity index (χ0n) is 11.2. The quantitative estimate of drug-likeness (QED) is 0.570. The normalized spacial score (nSPS) is 12.8. The number of methoxy groups -OCH3 is 1. The molecular formula is C13H24N2O2+2. The van der Waals surface area contributed by atoms with E-state index in [4.69, 9.17) is 4.74 Å². The van der Waals surface area contributed by atoms with Crippen molar-refractivity contribution in [1.29, 1.82) is 0 Å². The third-order valence-corrected chi connectivity index (χ3v) is 2.80. The number of phenols is 1. The zero-order chi connectivity index (χ0) is 12.8. The molecule has 0 heterocycles. The predicted octanol–water partition coefficient (Wildman–Crippen LogP) is -1.44. The lowest BCUT2D eigenvalue weighted by Crippen LogP contribution is -3.15. The first kappa shape index (κ1) is 13.8. The summed E-state index contributed by atoms with van der Waals surface area (Å²) in [6, 6.07) is 5.60. The molecule has 0 saturated heterocycles. The van der Waals surface area contributed by atoms with Gasteiger partial charge in [0.25, 0.3) is 0 Å². The zero-order valence-corrected chi connectivity index (χ0v) is 11.2. The number of likely N-dealkylation sites (N-methyl/N-ethyl adjacent to an activating group) is 2. The van der Waals surface area contributed by atoms with Crippen molar-refractivity contribution in [2.24, 2.45) is 0 Å². The van der Waals surface area contributed by atoms with Crippen LogP contribution in [-0.4, -0.2) is 46.4 Å².